The van der Waals surface area contributed by atoms with Crippen molar-refractivity contribution in [2.75, 3.05) is 33.3 Å². The van der Waals surface area contributed by atoms with Gasteiger partial charge in [0.2, 0.25) is 0 Å². The van der Waals surface area contributed by atoms with E-state index in [1.54, 1.807) is 13.2 Å². The summed E-state index contributed by atoms with van der Waals surface area (Å²) in [6.45, 7) is 6.73. The zero-order valence-corrected chi connectivity index (χ0v) is 23.9. The van der Waals surface area contributed by atoms with E-state index in [9.17, 15) is 14.4 Å². The molecule has 2 aromatic carbocycles. The molecule has 206 valence electrons. The first kappa shape index (κ1) is 27.8. The molecule has 3 saturated heterocycles. The van der Waals surface area contributed by atoms with Crippen LogP contribution < -0.4 is 15.4 Å². The van der Waals surface area contributed by atoms with Crippen LogP contribution in [0.1, 0.15) is 31.2 Å². The number of piperidine rings is 2. The molecule has 0 aliphatic carbocycles. The number of urea groups is 1. The predicted molar refractivity (Wildman–Crippen MR) is 152 cm³/mol. The first-order valence-electron chi connectivity index (χ1n) is 12.9. The van der Waals surface area contributed by atoms with Crippen molar-refractivity contribution >= 4 is 58.4 Å². The number of nitrogens with zero attached hydrogens (tertiary/aromatic N) is 2. The summed E-state index contributed by atoms with van der Waals surface area (Å²) < 4.78 is 5.43. The Hall–Kier alpha value is -2.72. The van der Waals surface area contributed by atoms with Gasteiger partial charge in [-0.05, 0) is 43.9 Å². The first-order valence-corrected chi connectivity index (χ1v) is 14.4. The molecular weight excluding hydrogens is 559 g/mol. The van der Waals surface area contributed by atoms with E-state index in [-0.39, 0.29) is 11.8 Å². The van der Waals surface area contributed by atoms with Crippen LogP contribution in [-0.2, 0) is 9.59 Å². The number of ether oxygens (including phenoxy) is 1. The second-order valence-corrected chi connectivity index (χ2v) is 11.9. The Kier molecular flexibility index (Phi) is 8.14. The van der Waals surface area contributed by atoms with E-state index < -0.39 is 11.6 Å². The number of likely N-dealkylation sites (tertiary alicyclic amines) is 2. The molecular formula is C28H30Cl2N4O4S. The fourth-order valence-corrected chi connectivity index (χ4v) is 7.14. The molecule has 0 radical (unpaired) electrons. The number of amides is 4. The number of nitrogens with one attached hydrogen (secondary N) is 2. The van der Waals surface area contributed by atoms with E-state index in [1.165, 1.54) is 11.8 Å². The van der Waals surface area contributed by atoms with Crippen molar-refractivity contribution < 1.29 is 19.1 Å². The first-order chi connectivity index (χ1) is 18.7. The van der Waals surface area contributed by atoms with Crippen molar-refractivity contribution in [3.8, 4) is 5.75 Å². The highest BCUT2D eigenvalue weighted by molar-refractivity contribution is 7.99. The topological polar surface area (TPSA) is 91.0 Å². The third kappa shape index (κ3) is 5.50. The van der Waals surface area contributed by atoms with Gasteiger partial charge >= 0.3 is 6.03 Å². The predicted octanol–water partition coefficient (Wildman–Crippen LogP) is 4.83. The molecule has 3 aliphatic rings. The molecule has 3 aliphatic heterocycles. The van der Waals surface area contributed by atoms with Crippen LogP contribution in [0.2, 0.25) is 10.0 Å². The van der Waals surface area contributed by atoms with Crippen LogP contribution in [0, 0.1) is 0 Å². The number of para-hydroxylation sites is 1. The van der Waals surface area contributed by atoms with Crippen molar-refractivity contribution in [2.45, 2.75) is 47.1 Å². The molecule has 0 atom stereocenters. The minimum absolute atomic E-state index is 0.153. The molecule has 0 bridgehead atoms. The number of rotatable bonds is 6. The molecule has 3 heterocycles. The van der Waals surface area contributed by atoms with Crippen molar-refractivity contribution in [3.63, 3.8) is 0 Å². The van der Waals surface area contributed by atoms with Gasteiger partial charge in [-0.1, -0.05) is 59.7 Å². The Labute approximate surface area is 242 Å². The fraction of sp³-hybridized carbons (Fsp3) is 0.393. The fourth-order valence-electron chi connectivity index (χ4n) is 5.56. The van der Waals surface area contributed by atoms with Crippen LogP contribution in [0.5, 0.6) is 5.75 Å². The summed E-state index contributed by atoms with van der Waals surface area (Å²) in [5.74, 6) is 0.359. The maximum absolute atomic E-state index is 13.3. The second-order valence-electron chi connectivity index (χ2n) is 10.0. The smallest absolute Gasteiger partial charge is 0.322 e. The summed E-state index contributed by atoms with van der Waals surface area (Å²) >= 11 is 14.7. The molecule has 5 rings (SSSR count). The van der Waals surface area contributed by atoms with Gasteiger partial charge in [-0.3, -0.25) is 14.9 Å². The average Bonchev–Trinajstić information content (AvgIpc) is 3.23. The van der Waals surface area contributed by atoms with Crippen molar-refractivity contribution in [1.29, 1.82) is 0 Å². The van der Waals surface area contributed by atoms with Crippen LogP contribution in [0.4, 0.5) is 4.79 Å². The largest absolute Gasteiger partial charge is 0.496 e. The molecule has 4 amide bonds. The standard InChI is InChI=1S/C28H30Cl2N4O4S/c1-17(19-7-8-22(24(30)23(19)29)39-21-6-4-3-5-20(21)38-2)25(35)34-13-9-18(10-14-34)33-15-11-28(12-16-33)26(36)31-27(37)32-28/h3-8,18H,1,9-16H2,2H3,(H2,31,32,36,37). The summed E-state index contributed by atoms with van der Waals surface area (Å²) in [6.07, 6.45) is 2.83. The Morgan fingerprint density at radius 2 is 1.72 bits per heavy atom. The van der Waals surface area contributed by atoms with E-state index in [4.69, 9.17) is 27.9 Å². The maximum Gasteiger partial charge on any atom is 0.322 e. The van der Waals surface area contributed by atoms with Gasteiger partial charge in [0.15, 0.2) is 0 Å². The maximum atomic E-state index is 13.3. The normalized spacial score (nSPS) is 19.6. The molecule has 11 heteroatoms. The molecule has 8 nitrogen and oxygen atoms in total. The summed E-state index contributed by atoms with van der Waals surface area (Å²) in [5, 5.41) is 5.83. The van der Waals surface area contributed by atoms with Gasteiger partial charge in [-0.25, -0.2) is 4.79 Å². The van der Waals surface area contributed by atoms with Gasteiger partial charge in [0, 0.05) is 48.3 Å². The number of hydrogen-bond acceptors (Lipinski definition) is 6. The molecule has 3 fully saturated rings. The SMILES string of the molecule is C=C(C(=O)N1CCC(N2CCC3(CC2)NC(=O)NC3=O)CC1)c1ccc(Sc2ccccc2OC)c(Cl)c1Cl. The lowest BCUT2D eigenvalue weighted by Gasteiger charge is -2.44. The highest BCUT2D eigenvalue weighted by atomic mass is 35.5. The van der Waals surface area contributed by atoms with E-state index >= 15 is 0 Å². The lowest BCUT2D eigenvalue weighted by molar-refractivity contribution is -0.128. The Bertz CT molecular complexity index is 1320. The Morgan fingerprint density at radius 1 is 1.03 bits per heavy atom. The van der Waals surface area contributed by atoms with Crippen LogP contribution in [0.15, 0.2) is 52.8 Å². The zero-order chi connectivity index (χ0) is 27.7. The lowest BCUT2D eigenvalue weighted by atomic mass is 9.86. The highest BCUT2D eigenvalue weighted by Gasteiger charge is 2.48. The summed E-state index contributed by atoms with van der Waals surface area (Å²) in [6, 6.07) is 11.2. The molecule has 39 heavy (non-hydrogen) atoms. The van der Waals surface area contributed by atoms with Gasteiger partial charge in [0.1, 0.15) is 11.3 Å². The highest BCUT2D eigenvalue weighted by Crippen LogP contribution is 2.43. The van der Waals surface area contributed by atoms with E-state index in [1.807, 2.05) is 35.2 Å². The van der Waals surface area contributed by atoms with E-state index in [0.29, 0.717) is 53.2 Å². The summed E-state index contributed by atoms with van der Waals surface area (Å²) in [4.78, 5) is 43.0. The van der Waals surface area contributed by atoms with Crippen LogP contribution in [0.25, 0.3) is 5.57 Å². The Morgan fingerprint density at radius 3 is 2.36 bits per heavy atom. The summed E-state index contributed by atoms with van der Waals surface area (Å²) in [5.41, 5.74) is 0.0671. The molecule has 2 aromatic rings. The molecule has 2 N–H and O–H groups in total. The Balaban J connectivity index is 1.18. The quantitative estimate of drug-likeness (QED) is 0.371. The number of carbonyl (C=O) groups is 3. The van der Waals surface area contributed by atoms with Gasteiger partial charge in [-0.15, -0.1) is 0 Å². The van der Waals surface area contributed by atoms with Crippen LogP contribution in [0.3, 0.4) is 0 Å². The molecule has 1 spiro atoms. The number of methoxy groups -OCH3 is 1. The number of hydrogen-bond donors (Lipinski definition) is 2. The van der Waals surface area contributed by atoms with Crippen LogP contribution in [-0.4, -0.2) is 72.5 Å². The average molecular weight is 590 g/mol. The lowest BCUT2D eigenvalue weighted by Crippen LogP contribution is -2.57. The van der Waals surface area contributed by atoms with Gasteiger partial charge < -0.3 is 19.9 Å². The molecule has 0 saturated carbocycles. The van der Waals surface area contributed by atoms with Crippen LogP contribution >= 0.6 is 35.0 Å². The molecule has 0 aromatic heterocycles. The van der Waals surface area contributed by atoms with Gasteiger partial charge in [0.25, 0.3) is 11.8 Å². The summed E-state index contributed by atoms with van der Waals surface area (Å²) in [7, 11) is 1.62. The number of carbonyl (C=O) groups excluding carboxylic acids is 3. The number of halogens is 2. The monoisotopic (exact) mass is 588 g/mol. The molecule has 0 unspecified atom stereocenters. The van der Waals surface area contributed by atoms with E-state index in [0.717, 1.165) is 41.5 Å². The number of imide groups is 1. The third-order valence-electron chi connectivity index (χ3n) is 7.85. The van der Waals surface area contributed by atoms with Crippen molar-refractivity contribution in [2.24, 2.45) is 0 Å². The van der Waals surface area contributed by atoms with Gasteiger partial charge in [-0.2, -0.15) is 0 Å². The third-order valence-corrected chi connectivity index (χ3v) is 9.96. The van der Waals surface area contributed by atoms with Crippen molar-refractivity contribution in [1.82, 2.24) is 20.4 Å². The zero-order valence-electron chi connectivity index (χ0n) is 21.6. The second kappa shape index (κ2) is 11.4. The van der Waals surface area contributed by atoms with E-state index in [2.05, 4.69) is 22.1 Å². The minimum atomic E-state index is -0.774. The van der Waals surface area contributed by atoms with Crippen molar-refractivity contribution in [3.05, 3.63) is 58.6 Å². The minimum Gasteiger partial charge on any atom is -0.496 e. The van der Waals surface area contributed by atoms with Gasteiger partial charge in [0.05, 0.1) is 22.1 Å². The number of benzene rings is 2.